The molecular weight excluding hydrogens is 433 g/mol. The fourth-order valence-electron chi connectivity index (χ4n) is 2.56. The predicted octanol–water partition coefficient (Wildman–Crippen LogP) is 3.26. The molecule has 0 aliphatic carbocycles. The topological polar surface area (TPSA) is 97.1 Å². The molecule has 0 aliphatic rings. The minimum atomic E-state index is -4.49. The molecule has 0 saturated carbocycles. The van der Waals surface area contributed by atoms with Gasteiger partial charge in [0.05, 0.1) is 34.8 Å². The van der Waals surface area contributed by atoms with Crippen LogP contribution in [-0.4, -0.2) is 36.8 Å². The van der Waals surface area contributed by atoms with Gasteiger partial charge in [0.1, 0.15) is 5.56 Å². The number of carbonyl (C=O) groups excluding carboxylic acids is 1. The van der Waals surface area contributed by atoms with Crippen molar-refractivity contribution in [3.63, 3.8) is 0 Å². The van der Waals surface area contributed by atoms with Gasteiger partial charge in [0.2, 0.25) is 0 Å². The van der Waals surface area contributed by atoms with E-state index >= 15 is 0 Å². The van der Waals surface area contributed by atoms with Gasteiger partial charge < -0.3 is 10.4 Å². The van der Waals surface area contributed by atoms with E-state index in [1.807, 2.05) is 0 Å². The number of aromatic nitrogens is 3. The average Bonchev–Trinajstić information content (AvgIpc) is 3.21. The molecule has 0 saturated heterocycles. The van der Waals surface area contributed by atoms with Crippen molar-refractivity contribution in [1.29, 1.82) is 0 Å². The number of halogens is 3. The number of rotatable bonds is 5. The normalized spacial score (nSPS) is 13.1. The monoisotopic (exact) mass is 452 g/mol. The number of benzene rings is 1. The lowest BCUT2D eigenvalue weighted by atomic mass is 10.0. The van der Waals surface area contributed by atoms with E-state index in [2.05, 4.69) is 14.8 Å². The van der Waals surface area contributed by atoms with Crippen molar-refractivity contribution >= 4 is 17.4 Å². The number of alkyl halides is 3. The summed E-state index contributed by atoms with van der Waals surface area (Å²) in [6, 6.07) is 4.76. The molecule has 1 unspecified atom stereocenters. The number of nitrogens with one attached hydrogen (secondary N) is 1. The Kier molecular flexibility index (Phi) is 6.01. The first-order chi connectivity index (χ1) is 14.4. The molecule has 1 aromatic carbocycles. The average molecular weight is 452 g/mol. The highest BCUT2D eigenvalue weighted by atomic mass is 32.1. The summed E-state index contributed by atoms with van der Waals surface area (Å²) in [5.41, 5.74) is -2.34. The molecule has 0 bridgehead atoms. The largest absolute Gasteiger partial charge is 0.416 e. The van der Waals surface area contributed by atoms with Crippen molar-refractivity contribution in [3.05, 3.63) is 63.4 Å². The third kappa shape index (κ3) is 5.00. The second-order valence-electron chi connectivity index (χ2n) is 7.47. The van der Waals surface area contributed by atoms with Gasteiger partial charge in [-0.15, -0.1) is 0 Å². The highest BCUT2D eigenvalue weighted by molar-refractivity contribution is 7.03. The number of aliphatic hydroxyl groups is 1. The number of carbonyl (C=O) groups is 1. The third-order valence-corrected chi connectivity index (χ3v) is 5.31. The van der Waals surface area contributed by atoms with Gasteiger partial charge in [-0.2, -0.15) is 27.3 Å². The van der Waals surface area contributed by atoms with Gasteiger partial charge in [-0.1, -0.05) is 12.1 Å². The van der Waals surface area contributed by atoms with Crippen LogP contribution < -0.4 is 10.9 Å². The summed E-state index contributed by atoms with van der Waals surface area (Å²) in [7, 11) is 0. The maximum atomic E-state index is 12.9. The second kappa shape index (κ2) is 8.23. The van der Waals surface area contributed by atoms with E-state index in [0.717, 1.165) is 28.3 Å². The Morgan fingerprint density at radius 3 is 2.39 bits per heavy atom. The number of hydrogen-bond acceptors (Lipinski definition) is 6. The Labute approximate surface area is 179 Å². The maximum Gasteiger partial charge on any atom is 0.416 e. The molecule has 3 aromatic rings. The number of nitrogens with zero attached hydrogens (tertiary/aromatic N) is 3. The van der Waals surface area contributed by atoms with E-state index in [9.17, 15) is 27.9 Å². The highest BCUT2D eigenvalue weighted by Gasteiger charge is 2.30. The molecule has 0 spiro atoms. The van der Waals surface area contributed by atoms with E-state index in [4.69, 9.17) is 0 Å². The van der Waals surface area contributed by atoms with Crippen molar-refractivity contribution in [3.8, 4) is 16.9 Å². The molecule has 1 atom stereocenters. The standard InChI is InChI=1S/C20H19F3N4O3S/c1-11(19(2,3)30)25-17(28)15-8-16(12-4-6-13(7-5-12)20(21,22)23)26-27(18(15)29)14-9-24-31-10-14/h4-11,30H,1-3H3,(H,25,28). The van der Waals surface area contributed by atoms with Crippen LogP contribution in [0, 0.1) is 0 Å². The molecule has 3 rings (SSSR count). The van der Waals surface area contributed by atoms with Gasteiger partial charge in [0.25, 0.3) is 11.5 Å². The van der Waals surface area contributed by atoms with Crippen molar-refractivity contribution in [1.82, 2.24) is 19.5 Å². The van der Waals surface area contributed by atoms with Crippen LogP contribution >= 0.6 is 11.5 Å². The summed E-state index contributed by atoms with van der Waals surface area (Å²) >= 11 is 1.07. The van der Waals surface area contributed by atoms with Crippen LogP contribution in [0.4, 0.5) is 13.2 Å². The predicted molar refractivity (Wildman–Crippen MR) is 109 cm³/mol. The summed E-state index contributed by atoms with van der Waals surface area (Å²) in [5, 5.41) is 18.4. The van der Waals surface area contributed by atoms with Crippen molar-refractivity contribution in [2.24, 2.45) is 0 Å². The summed E-state index contributed by atoms with van der Waals surface area (Å²) in [5.74, 6) is -0.743. The Bertz CT molecular complexity index is 1130. The molecule has 1 amide bonds. The molecule has 31 heavy (non-hydrogen) atoms. The minimum absolute atomic E-state index is 0.126. The zero-order chi connectivity index (χ0) is 23.0. The molecule has 0 aliphatic heterocycles. The molecule has 0 fully saturated rings. The highest BCUT2D eigenvalue weighted by Crippen LogP contribution is 2.30. The number of amides is 1. The van der Waals surface area contributed by atoms with Crippen LogP contribution in [-0.2, 0) is 6.18 Å². The zero-order valence-electron chi connectivity index (χ0n) is 16.8. The van der Waals surface area contributed by atoms with E-state index in [1.165, 1.54) is 38.2 Å². The summed E-state index contributed by atoms with van der Waals surface area (Å²) in [6.07, 6.45) is -3.11. The fraction of sp³-hybridized carbons (Fsp3) is 0.300. The SMILES string of the molecule is CC(NC(=O)c1cc(-c2ccc(C(F)(F)F)cc2)nn(-c2cnsc2)c1=O)C(C)(C)O. The summed E-state index contributed by atoms with van der Waals surface area (Å²) < 4.78 is 43.5. The first-order valence-electron chi connectivity index (χ1n) is 9.13. The molecular formula is C20H19F3N4O3S. The lowest BCUT2D eigenvalue weighted by Crippen LogP contribution is -2.48. The zero-order valence-corrected chi connectivity index (χ0v) is 17.6. The van der Waals surface area contributed by atoms with Gasteiger partial charge in [-0.25, -0.2) is 0 Å². The van der Waals surface area contributed by atoms with Crippen LogP contribution in [0.3, 0.4) is 0 Å². The van der Waals surface area contributed by atoms with Crippen LogP contribution in [0.5, 0.6) is 0 Å². The maximum absolute atomic E-state index is 12.9. The van der Waals surface area contributed by atoms with Gasteiger partial charge >= 0.3 is 6.18 Å². The fourth-order valence-corrected chi connectivity index (χ4v) is 3.06. The van der Waals surface area contributed by atoms with Crippen molar-refractivity contribution in [2.75, 3.05) is 0 Å². The second-order valence-corrected chi connectivity index (χ2v) is 8.12. The molecule has 11 heteroatoms. The van der Waals surface area contributed by atoms with E-state index in [1.54, 1.807) is 12.3 Å². The quantitative estimate of drug-likeness (QED) is 0.619. The lowest BCUT2D eigenvalue weighted by Gasteiger charge is -2.26. The smallest absolute Gasteiger partial charge is 0.388 e. The van der Waals surface area contributed by atoms with Gasteiger partial charge in [0, 0.05) is 10.9 Å². The minimum Gasteiger partial charge on any atom is -0.388 e. The van der Waals surface area contributed by atoms with Crippen LogP contribution in [0.25, 0.3) is 16.9 Å². The third-order valence-electron chi connectivity index (χ3n) is 4.74. The molecule has 164 valence electrons. The first kappa shape index (κ1) is 22.6. The Morgan fingerprint density at radius 2 is 1.87 bits per heavy atom. The number of hydrogen-bond donors (Lipinski definition) is 2. The van der Waals surface area contributed by atoms with Gasteiger partial charge in [0.15, 0.2) is 0 Å². The Hall–Kier alpha value is -3.05. The van der Waals surface area contributed by atoms with E-state index < -0.39 is 34.8 Å². The van der Waals surface area contributed by atoms with E-state index in [-0.39, 0.29) is 16.8 Å². The summed E-state index contributed by atoms with van der Waals surface area (Å²) in [6.45, 7) is 4.60. The van der Waals surface area contributed by atoms with Crippen molar-refractivity contribution < 1.29 is 23.1 Å². The van der Waals surface area contributed by atoms with Crippen molar-refractivity contribution in [2.45, 2.75) is 38.6 Å². The van der Waals surface area contributed by atoms with Crippen LogP contribution in [0.15, 0.2) is 46.7 Å². The molecule has 0 radical (unpaired) electrons. The molecule has 7 nitrogen and oxygen atoms in total. The summed E-state index contributed by atoms with van der Waals surface area (Å²) in [4.78, 5) is 25.7. The lowest BCUT2D eigenvalue weighted by molar-refractivity contribution is -0.137. The van der Waals surface area contributed by atoms with E-state index in [0.29, 0.717) is 5.69 Å². The van der Waals surface area contributed by atoms with Gasteiger partial charge in [-0.05, 0) is 50.5 Å². The Morgan fingerprint density at radius 1 is 1.23 bits per heavy atom. The molecule has 2 heterocycles. The Balaban J connectivity index is 2.10. The first-order valence-corrected chi connectivity index (χ1v) is 9.96. The van der Waals surface area contributed by atoms with Gasteiger partial charge in [-0.3, -0.25) is 9.59 Å². The van der Waals surface area contributed by atoms with Crippen LogP contribution in [0.2, 0.25) is 0 Å². The van der Waals surface area contributed by atoms with Crippen LogP contribution in [0.1, 0.15) is 36.7 Å². The molecule has 2 aromatic heterocycles. The molecule has 2 N–H and O–H groups in total.